The van der Waals surface area contributed by atoms with Crippen LogP contribution in [0.5, 0.6) is 5.75 Å². The summed E-state index contributed by atoms with van der Waals surface area (Å²) in [5.41, 5.74) is 0.492. The predicted octanol–water partition coefficient (Wildman–Crippen LogP) is 2.74. The van der Waals surface area contributed by atoms with Gasteiger partial charge in [-0.05, 0) is 49.1 Å². The van der Waals surface area contributed by atoms with Crippen LogP contribution in [0.15, 0.2) is 47.4 Å². The molecule has 2 amide bonds. The van der Waals surface area contributed by atoms with Crippen molar-refractivity contribution < 1.29 is 27.5 Å². The number of nitrogens with zero attached hydrogens (tertiary/aromatic N) is 1. The predicted molar refractivity (Wildman–Crippen MR) is 129 cm³/mol. The van der Waals surface area contributed by atoms with E-state index in [-0.39, 0.29) is 34.2 Å². The van der Waals surface area contributed by atoms with Gasteiger partial charge in [-0.1, -0.05) is 19.1 Å². The Morgan fingerprint density at radius 1 is 1.06 bits per heavy atom. The number of carbonyl (C=O) groups excluding carboxylic acids is 2. The van der Waals surface area contributed by atoms with Crippen LogP contribution in [0.3, 0.4) is 0 Å². The largest absolute Gasteiger partial charge is 0.496 e. The zero-order valence-corrected chi connectivity index (χ0v) is 20.5. The number of hydrogen-bond acceptors (Lipinski definition) is 6. The highest BCUT2D eigenvalue weighted by Gasteiger charge is 2.26. The molecule has 2 aromatic carbocycles. The summed E-state index contributed by atoms with van der Waals surface area (Å²) in [4.78, 5) is 27.3. The maximum atomic E-state index is 13.2. The van der Waals surface area contributed by atoms with E-state index in [0.717, 1.165) is 12.8 Å². The van der Waals surface area contributed by atoms with Gasteiger partial charge >= 0.3 is 0 Å². The number of nitrogens with one attached hydrogen (secondary N) is 2. The van der Waals surface area contributed by atoms with Crippen LogP contribution >= 0.6 is 0 Å². The third-order valence-electron chi connectivity index (χ3n) is 5.79. The standard InChI is InChI=1S/C24H31N3O6S/c1-17-10-13-27(14-11-17)24(29)20-16-18(8-9-22(20)33-3)34(30,31)26-21-7-5-4-6-19(21)23(28)25-12-15-32-2/h4-9,16-17,26H,10-15H2,1-3H3,(H,25,28). The molecule has 0 unspecified atom stereocenters. The molecule has 1 aliphatic rings. The SMILES string of the molecule is COCCNC(=O)c1ccccc1NS(=O)(=O)c1ccc(OC)c(C(=O)N2CCC(C)CC2)c1. The lowest BCUT2D eigenvalue weighted by atomic mass is 9.98. The van der Waals surface area contributed by atoms with E-state index in [1.165, 1.54) is 44.6 Å². The Labute approximate surface area is 200 Å². The van der Waals surface area contributed by atoms with Crippen LogP contribution in [-0.2, 0) is 14.8 Å². The zero-order valence-electron chi connectivity index (χ0n) is 19.7. The summed E-state index contributed by atoms with van der Waals surface area (Å²) in [5, 5.41) is 2.68. The highest BCUT2D eigenvalue weighted by atomic mass is 32.2. The summed E-state index contributed by atoms with van der Waals surface area (Å²) in [6, 6.07) is 10.5. The van der Waals surface area contributed by atoms with Crippen LogP contribution < -0.4 is 14.8 Å². The number of methoxy groups -OCH3 is 2. The van der Waals surface area contributed by atoms with Gasteiger partial charge in [0.15, 0.2) is 0 Å². The topological polar surface area (TPSA) is 114 Å². The Hall–Kier alpha value is -3.11. The number of ether oxygens (including phenoxy) is 2. The van der Waals surface area contributed by atoms with Crippen molar-refractivity contribution in [3.63, 3.8) is 0 Å². The van der Waals surface area contributed by atoms with E-state index in [0.29, 0.717) is 31.4 Å². The second-order valence-corrected chi connectivity index (χ2v) is 9.92. The average Bonchev–Trinajstić information content (AvgIpc) is 2.84. The minimum atomic E-state index is -4.10. The Morgan fingerprint density at radius 2 is 1.76 bits per heavy atom. The Bertz CT molecular complexity index is 1130. The molecule has 1 saturated heterocycles. The van der Waals surface area contributed by atoms with Gasteiger partial charge in [-0.15, -0.1) is 0 Å². The van der Waals surface area contributed by atoms with Gasteiger partial charge in [-0.3, -0.25) is 14.3 Å². The zero-order chi connectivity index (χ0) is 24.7. The number of rotatable bonds is 9. The first-order valence-electron chi connectivity index (χ1n) is 11.1. The minimum Gasteiger partial charge on any atom is -0.496 e. The van der Waals surface area contributed by atoms with Crippen molar-refractivity contribution in [3.8, 4) is 5.75 Å². The first-order valence-corrected chi connectivity index (χ1v) is 12.6. The molecule has 0 saturated carbocycles. The van der Waals surface area contributed by atoms with Crippen LogP contribution in [0.2, 0.25) is 0 Å². The van der Waals surface area contributed by atoms with Crippen LogP contribution in [-0.4, -0.2) is 65.6 Å². The molecular weight excluding hydrogens is 458 g/mol. The van der Waals surface area contributed by atoms with Crippen molar-refractivity contribution >= 4 is 27.5 Å². The molecule has 1 heterocycles. The van der Waals surface area contributed by atoms with Crippen LogP contribution in [0.4, 0.5) is 5.69 Å². The molecule has 0 radical (unpaired) electrons. The Balaban J connectivity index is 1.87. The second-order valence-electron chi connectivity index (χ2n) is 8.24. The smallest absolute Gasteiger partial charge is 0.261 e. The molecule has 34 heavy (non-hydrogen) atoms. The van der Waals surface area contributed by atoms with E-state index in [9.17, 15) is 18.0 Å². The van der Waals surface area contributed by atoms with Gasteiger partial charge in [0.2, 0.25) is 0 Å². The summed E-state index contributed by atoms with van der Waals surface area (Å²) < 4.78 is 39.1. The van der Waals surface area contributed by atoms with E-state index in [1.807, 2.05) is 0 Å². The van der Waals surface area contributed by atoms with Crippen LogP contribution in [0.1, 0.15) is 40.5 Å². The number of carbonyl (C=O) groups is 2. The molecule has 1 fully saturated rings. The second kappa shape index (κ2) is 11.3. The van der Waals surface area contributed by atoms with E-state index in [1.54, 1.807) is 17.0 Å². The number of anilines is 1. The molecule has 184 valence electrons. The van der Waals surface area contributed by atoms with Crippen LogP contribution in [0.25, 0.3) is 0 Å². The fourth-order valence-electron chi connectivity index (χ4n) is 3.74. The van der Waals surface area contributed by atoms with Crippen molar-refractivity contribution in [1.82, 2.24) is 10.2 Å². The van der Waals surface area contributed by atoms with E-state index in [2.05, 4.69) is 17.0 Å². The summed E-state index contributed by atoms with van der Waals surface area (Å²) in [5.74, 6) is 0.160. The lowest BCUT2D eigenvalue weighted by Crippen LogP contribution is -2.38. The van der Waals surface area contributed by atoms with Gasteiger partial charge in [0, 0.05) is 26.7 Å². The summed E-state index contributed by atoms with van der Waals surface area (Å²) >= 11 is 0. The highest BCUT2D eigenvalue weighted by Crippen LogP contribution is 2.28. The molecule has 1 aliphatic heterocycles. The maximum absolute atomic E-state index is 13.2. The number of benzene rings is 2. The van der Waals surface area contributed by atoms with Crippen LogP contribution in [0, 0.1) is 5.92 Å². The van der Waals surface area contributed by atoms with Crippen molar-refractivity contribution in [3.05, 3.63) is 53.6 Å². The number of piperidine rings is 1. The molecule has 2 aromatic rings. The van der Waals surface area contributed by atoms with Gasteiger partial charge < -0.3 is 19.7 Å². The van der Waals surface area contributed by atoms with Crippen molar-refractivity contribution in [1.29, 1.82) is 0 Å². The minimum absolute atomic E-state index is 0.100. The first-order chi connectivity index (χ1) is 16.3. The quantitative estimate of drug-likeness (QED) is 0.524. The number of likely N-dealkylation sites (tertiary alicyclic amines) is 1. The third-order valence-corrected chi connectivity index (χ3v) is 7.15. The van der Waals surface area contributed by atoms with Crippen molar-refractivity contribution in [2.24, 2.45) is 5.92 Å². The van der Waals surface area contributed by atoms with Gasteiger partial charge in [-0.25, -0.2) is 8.42 Å². The van der Waals surface area contributed by atoms with Crippen molar-refractivity contribution in [2.75, 3.05) is 45.2 Å². The first kappa shape index (κ1) is 25.5. The Morgan fingerprint density at radius 3 is 2.44 bits per heavy atom. The molecule has 0 aromatic heterocycles. The monoisotopic (exact) mass is 489 g/mol. The fourth-order valence-corrected chi connectivity index (χ4v) is 4.84. The lowest BCUT2D eigenvalue weighted by molar-refractivity contribution is 0.0693. The number of hydrogen-bond donors (Lipinski definition) is 2. The average molecular weight is 490 g/mol. The summed E-state index contributed by atoms with van der Waals surface area (Å²) in [7, 11) is -1.13. The Kier molecular flexibility index (Phi) is 8.51. The molecule has 10 heteroatoms. The lowest BCUT2D eigenvalue weighted by Gasteiger charge is -2.30. The van der Waals surface area contributed by atoms with E-state index < -0.39 is 15.9 Å². The highest BCUT2D eigenvalue weighted by molar-refractivity contribution is 7.92. The molecular formula is C24H31N3O6S. The summed E-state index contributed by atoms with van der Waals surface area (Å²) in [6.07, 6.45) is 1.80. The van der Waals surface area contributed by atoms with E-state index in [4.69, 9.17) is 9.47 Å². The third kappa shape index (κ3) is 6.06. The van der Waals surface area contributed by atoms with E-state index >= 15 is 0 Å². The molecule has 9 nitrogen and oxygen atoms in total. The van der Waals surface area contributed by atoms with Gasteiger partial charge in [0.05, 0.1) is 35.4 Å². The molecule has 0 spiro atoms. The van der Waals surface area contributed by atoms with Gasteiger partial charge in [-0.2, -0.15) is 0 Å². The van der Waals surface area contributed by atoms with Crippen molar-refractivity contribution in [2.45, 2.75) is 24.7 Å². The fraction of sp³-hybridized carbons (Fsp3) is 0.417. The summed E-state index contributed by atoms with van der Waals surface area (Å²) in [6.45, 7) is 4.00. The van der Waals surface area contributed by atoms with Gasteiger partial charge in [0.25, 0.3) is 21.8 Å². The molecule has 0 bridgehead atoms. The normalized spacial score (nSPS) is 14.5. The number of amides is 2. The molecule has 3 rings (SSSR count). The number of sulfonamides is 1. The number of para-hydroxylation sites is 1. The molecule has 0 atom stereocenters. The maximum Gasteiger partial charge on any atom is 0.261 e. The molecule has 2 N–H and O–H groups in total. The van der Waals surface area contributed by atoms with Gasteiger partial charge in [0.1, 0.15) is 5.75 Å². The molecule has 0 aliphatic carbocycles.